The van der Waals surface area contributed by atoms with Crippen molar-refractivity contribution in [3.05, 3.63) is 0 Å². The maximum absolute atomic E-state index is 12.4. The third kappa shape index (κ3) is 2.71. The molecular weight excluding hydrogens is 224 g/mol. The van der Waals surface area contributed by atoms with Crippen molar-refractivity contribution in [3.8, 4) is 0 Å². The number of amides is 1. The van der Waals surface area contributed by atoms with E-state index < -0.39 is 0 Å². The van der Waals surface area contributed by atoms with Crippen molar-refractivity contribution in [2.45, 2.75) is 65.3 Å². The highest BCUT2D eigenvalue weighted by molar-refractivity contribution is 5.82. The standard InChI is InChI=1S/C15H28N2O/c1-14(2,3)12(16)13(18)17-10-9-15(11-17)7-5-4-6-8-15/h12H,4-11,16H2,1-3H3/t12-/m1/s1. The van der Waals surface area contributed by atoms with E-state index in [4.69, 9.17) is 5.73 Å². The average Bonchev–Trinajstić information content (AvgIpc) is 2.71. The summed E-state index contributed by atoms with van der Waals surface area (Å²) >= 11 is 0. The Morgan fingerprint density at radius 2 is 1.78 bits per heavy atom. The van der Waals surface area contributed by atoms with Crippen molar-refractivity contribution in [1.29, 1.82) is 0 Å². The van der Waals surface area contributed by atoms with Gasteiger partial charge in [-0.25, -0.2) is 0 Å². The highest BCUT2D eigenvalue weighted by Crippen LogP contribution is 2.43. The Labute approximate surface area is 111 Å². The van der Waals surface area contributed by atoms with Crippen LogP contribution in [0.15, 0.2) is 0 Å². The van der Waals surface area contributed by atoms with E-state index in [-0.39, 0.29) is 17.4 Å². The molecular formula is C15H28N2O. The first-order valence-corrected chi connectivity index (χ1v) is 7.39. The first-order valence-electron chi connectivity index (χ1n) is 7.39. The molecule has 3 heteroatoms. The van der Waals surface area contributed by atoms with Crippen LogP contribution in [0.5, 0.6) is 0 Å². The molecule has 1 aliphatic heterocycles. The minimum atomic E-state index is -0.365. The highest BCUT2D eigenvalue weighted by Gasteiger charge is 2.42. The van der Waals surface area contributed by atoms with Crippen LogP contribution in [0.25, 0.3) is 0 Å². The molecule has 2 N–H and O–H groups in total. The summed E-state index contributed by atoms with van der Waals surface area (Å²) in [5.74, 6) is 0.157. The van der Waals surface area contributed by atoms with Gasteiger partial charge in [0.05, 0.1) is 6.04 Å². The topological polar surface area (TPSA) is 46.3 Å². The monoisotopic (exact) mass is 252 g/mol. The molecule has 1 amide bonds. The second-order valence-corrected chi connectivity index (χ2v) is 7.41. The summed E-state index contributed by atoms with van der Waals surface area (Å²) in [5.41, 5.74) is 6.40. The molecule has 2 fully saturated rings. The van der Waals surface area contributed by atoms with Crippen LogP contribution in [0.4, 0.5) is 0 Å². The number of rotatable bonds is 1. The fourth-order valence-corrected chi connectivity index (χ4v) is 3.40. The molecule has 0 bridgehead atoms. The molecule has 0 aromatic heterocycles. The lowest BCUT2D eigenvalue weighted by Crippen LogP contribution is -2.50. The second kappa shape index (κ2) is 4.84. The molecule has 0 unspecified atom stereocenters. The molecule has 3 nitrogen and oxygen atoms in total. The zero-order valence-corrected chi connectivity index (χ0v) is 12.2. The number of nitrogens with zero attached hydrogens (tertiary/aromatic N) is 1. The largest absolute Gasteiger partial charge is 0.341 e. The number of carbonyl (C=O) groups is 1. The Bertz CT molecular complexity index is 313. The van der Waals surface area contributed by atoms with Crippen molar-refractivity contribution in [3.63, 3.8) is 0 Å². The summed E-state index contributed by atoms with van der Waals surface area (Å²) in [6.45, 7) is 8.00. The van der Waals surface area contributed by atoms with Crippen molar-refractivity contribution < 1.29 is 4.79 Å². The lowest BCUT2D eigenvalue weighted by atomic mass is 9.73. The summed E-state index contributed by atoms with van der Waals surface area (Å²) in [4.78, 5) is 14.4. The molecule has 1 saturated heterocycles. The summed E-state index contributed by atoms with van der Waals surface area (Å²) in [6.07, 6.45) is 7.86. The maximum atomic E-state index is 12.4. The van der Waals surface area contributed by atoms with Gasteiger partial charge < -0.3 is 10.6 Å². The summed E-state index contributed by atoms with van der Waals surface area (Å²) in [6, 6.07) is -0.365. The van der Waals surface area contributed by atoms with E-state index >= 15 is 0 Å². The predicted octanol–water partition coefficient (Wildman–Crippen LogP) is 2.54. The van der Waals surface area contributed by atoms with E-state index in [1.165, 1.54) is 38.5 Å². The minimum Gasteiger partial charge on any atom is -0.341 e. The van der Waals surface area contributed by atoms with E-state index in [0.717, 1.165) is 13.1 Å². The average molecular weight is 252 g/mol. The normalized spacial score (nSPS) is 25.4. The summed E-state index contributed by atoms with van der Waals surface area (Å²) in [7, 11) is 0. The lowest BCUT2D eigenvalue weighted by Gasteiger charge is -2.34. The van der Waals surface area contributed by atoms with Gasteiger partial charge >= 0.3 is 0 Å². The summed E-state index contributed by atoms with van der Waals surface area (Å²) < 4.78 is 0. The Kier molecular flexibility index (Phi) is 3.72. The van der Waals surface area contributed by atoms with Gasteiger partial charge in [0.2, 0.25) is 5.91 Å². The van der Waals surface area contributed by atoms with Crippen molar-refractivity contribution in [1.82, 2.24) is 4.90 Å². The van der Waals surface area contributed by atoms with Gasteiger partial charge in [-0.15, -0.1) is 0 Å². The van der Waals surface area contributed by atoms with Gasteiger partial charge in [-0.1, -0.05) is 40.0 Å². The van der Waals surface area contributed by atoms with Gasteiger partial charge in [0, 0.05) is 13.1 Å². The van der Waals surface area contributed by atoms with Crippen molar-refractivity contribution in [2.75, 3.05) is 13.1 Å². The van der Waals surface area contributed by atoms with E-state index in [1.807, 2.05) is 25.7 Å². The first-order chi connectivity index (χ1) is 8.34. The number of likely N-dealkylation sites (tertiary alicyclic amines) is 1. The van der Waals surface area contributed by atoms with E-state index in [0.29, 0.717) is 5.41 Å². The second-order valence-electron chi connectivity index (χ2n) is 7.41. The molecule has 1 aliphatic carbocycles. The van der Waals surface area contributed by atoms with Crippen LogP contribution >= 0.6 is 0 Å². The fourth-order valence-electron chi connectivity index (χ4n) is 3.40. The molecule has 1 saturated carbocycles. The molecule has 2 rings (SSSR count). The van der Waals surface area contributed by atoms with Crippen LogP contribution in [0.1, 0.15) is 59.3 Å². The van der Waals surface area contributed by atoms with Gasteiger partial charge in [0.15, 0.2) is 0 Å². The number of nitrogens with two attached hydrogens (primary N) is 1. The molecule has 0 aromatic carbocycles. The van der Waals surface area contributed by atoms with Crippen LogP contribution in [0.3, 0.4) is 0 Å². The Balaban J connectivity index is 1.98. The van der Waals surface area contributed by atoms with Gasteiger partial charge in [0.1, 0.15) is 0 Å². The molecule has 18 heavy (non-hydrogen) atoms. The van der Waals surface area contributed by atoms with Gasteiger partial charge in [0.25, 0.3) is 0 Å². The SMILES string of the molecule is CC(C)(C)[C@H](N)C(=O)N1CCC2(CCCCC2)C1. The van der Waals surface area contributed by atoms with Crippen molar-refractivity contribution >= 4 is 5.91 Å². The van der Waals surface area contributed by atoms with Gasteiger partial charge in [-0.2, -0.15) is 0 Å². The van der Waals surface area contributed by atoms with E-state index in [2.05, 4.69) is 0 Å². The molecule has 1 heterocycles. The highest BCUT2D eigenvalue weighted by atomic mass is 16.2. The molecule has 0 radical (unpaired) electrons. The molecule has 1 spiro atoms. The van der Waals surface area contributed by atoms with Crippen LogP contribution in [-0.4, -0.2) is 29.9 Å². The third-order valence-electron chi connectivity index (χ3n) is 4.86. The minimum absolute atomic E-state index is 0.139. The molecule has 0 aromatic rings. The number of carbonyl (C=O) groups excluding carboxylic acids is 1. The van der Waals surface area contributed by atoms with Gasteiger partial charge in [-0.05, 0) is 30.1 Å². The van der Waals surface area contributed by atoms with E-state index in [9.17, 15) is 4.79 Å². The molecule has 104 valence electrons. The molecule has 1 atom stereocenters. The summed E-state index contributed by atoms with van der Waals surface area (Å²) in [5, 5.41) is 0. The lowest BCUT2D eigenvalue weighted by molar-refractivity contribution is -0.134. The van der Waals surface area contributed by atoms with Crippen LogP contribution in [0, 0.1) is 10.8 Å². The Morgan fingerprint density at radius 1 is 1.17 bits per heavy atom. The Hall–Kier alpha value is -0.570. The van der Waals surface area contributed by atoms with Crippen LogP contribution < -0.4 is 5.73 Å². The van der Waals surface area contributed by atoms with Crippen LogP contribution in [-0.2, 0) is 4.79 Å². The third-order valence-corrected chi connectivity index (χ3v) is 4.86. The number of hydrogen-bond donors (Lipinski definition) is 1. The smallest absolute Gasteiger partial charge is 0.240 e. The Morgan fingerprint density at radius 3 is 2.33 bits per heavy atom. The fraction of sp³-hybridized carbons (Fsp3) is 0.933. The maximum Gasteiger partial charge on any atom is 0.240 e. The van der Waals surface area contributed by atoms with Gasteiger partial charge in [-0.3, -0.25) is 4.79 Å². The zero-order valence-electron chi connectivity index (χ0n) is 12.2. The molecule has 2 aliphatic rings. The predicted molar refractivity (Wildman–Crippen MR) is 74.1 cm³/mol. The van der Waals surface area contributed by atoms with Crippen LogP contribution in [0.2, 0.25) is 0 Å². The van der Waals surface area contributed by atoms with Crippen molar-refractivity contribution in [2.24, 2.45) is 16.6 Å². The van der Waals surface area contributed by atoms with E-state index in [1.54, 1.807) is 0 Å². The first kappa shape index (κ1) is 13.9. The zero-order chi connectivity index (χ0) is 13.4. The number of hydrogen-bond acceptors (Lipinski definition) is 2. The quantitative estimate of drug-likeness (QED) is 0.779.